The summed E-state index contributed by atoms with van der Waals surface area (Å²) in [6, 6.07) is 0. The van der Waals surface area contributed by atoms with Gasteiger partial charge in [-0.1, -0.05) is 24.0 Å². The zero-order valence-electron chi connectivity index (χ0n) is 8.51. The Morgan fingerprint density at radius 3 is 3.27 bits per heavy atom. The molecule has 0 unspecified atom stereocenters. The average Bonchev–Trinajstić information content (AvgIpc) is 2.65. The summed E-state index contributed by atoms with van der Waals surface area (Å²) in [5.41, 5.74) is 5.32. The van der Waals surface area contributed by atoms with E-state index in [2.05, 4.69) is 34.2 Å². The van der Waals surface area contributed by atoms with Gasteiger partial charge in [0.15, 0.2) is 0 Å². The molecule has 0 fully saturated rings. The lowest BCUT2D eigenvalue weighted by Gasteiger charge is -2.17. The van der Waals surface area contributed by atoms with Crippen LogP contribution in [0.5, 0.6) is 0 Å². The minimum atomic E-state index is 0.861. The SMILES string of the molecule is C1#CCC2=C(/C=C\C1)c1[nH]ncc1CC2. The molecule has 1 aromatic heterocycles. The number of allylic oxidation sites excluding steroid dienone is 4. The predicted molar refractivity (Wildman–Crippen MR) is 60.0 cm³/mol. The van der Waals surface area contributed by atoms with Gasteiger partial charge in [-0.2, -0.15) is 5.10 Å². The topological polar surface area (TPSA) is 28.7 Å². The molecule has 2 aliphatic carbocycles. The predicted octanol–water partition coefficient (Wildman–Crippen LogP) is 2.46. The Kier molecular flexibility index (Phi) is 1.96. The summed E-state index contributed by atoms with van der Waals surface area (Å²) in [6.45, 7) is 0. The summed E-state index contributed by atoms with van der Waals surface area (Å²) in [6.07, 6.45) is 10.3. The highest BCUT2D eigenvalue weighted by atomic mass is 15.1. The first kappa shape index (κ1) is 8.55. The standard InChI is InChI=1S/C13H12N2/c1-2-4-6-12-10(5-3-1)7-8-11-9-14-15-13(11)12/h4,6,9H,2,5,7-8H2,(H,14,15)/b6-4-. The van der Waals surface area contributed by atoms with E-state index < -0.39 is 0 Å². The molecular weight excluding hydrogens is 184 g/mol. The molecule has 0 atom stereocenters. The highest BCUT2D eigenvalue weighted by Crippen LogP contribution is 2.32. The first-order valence-corrected chi connectivity index (χ1v) is 5.32. The molecule has 0 saturated heterocycles. The van der Waals surface area contributed by atoms with Crippen LogP contribution in [0.3, 0.4) is 0 Å². The molecule has 0 aromatic carbocycles. The molecule has 2 nitrogen and oxygen atoms in total. The molecule has 0 saturated carbocycles. The fraction of sp³-hybridized carbons (Fsp3) is 0.308. The van der Waals surface area contributed by atoms with Crippen molar-refractivity contribution < 1.29 is 0 Å². The Hall–Kier alpha value is -1.75. The van der Waals surface area contributed by atoms with Crippen LogP contribution in [-0.4, -0.2) is 10.2 Å². The molecule has 2 aliphatic rings. The van der Waals surface area contributed by atoms with E-state index in [1.54, 1.807) is 0 Å². The number of hydrogen-bond donors (Lipinski definition) is 1. The zero-order valence-corrected chi connectivity index (χ0v) is 8.51. The van der Waals surface area contributed by atoms with Gasteiger partial charge in [0, 0.05) is 12.8 Å². The molecule has 0 amide bonds. The molecule has 74 valence electrons. The average molecular weight is 196 g/mol. The van der Waals surface area contributed by atoms with Crippen LogP contribution in [0.1, 0.15) is 30.5 Å². The number of rotatable bonds is 0. The third kappa shape index (κ3) is 1.41. The van der Waals surface area contributed by atoms with E-state index in [4.69, 9.17) is 0 Å². The lowest BCUT2D eigenvalue weighted by Crippen LogP contribution is -2.03. The number of aryl methyl sites for hydroxylation is 1. The van der Waals surface area contributed by atoms with Crippen molar-refractivity contribution in [1.82, 2.24) is 10.2 Å². The third-order valence-electron chi connectivity index (χ3n) is 3.00. The maximum absolute atomic E-state index is 4.12. The number of hydrogen-bond acceptors (Lipinski definition) is 1. The van der Waals surface area contributed by atoms with Crippen molar-refractivity contribution in [2.75, 3.05) is 0 Å². The van der Waals surface area contributed by atoms with Crippen molar-refractivity contribution in [1.29, 1.82) is 0 Å². The van der Waals surface area contributed by atoms with Crippen molar-refractivity contribution >= 4 is 5.57 Å². The Morgan fingerprint density at radius 1 is 1.27 bits per heavy atom. The van der Waals surface area contributed by atoms with E-state index >= 15 is 0 Å². The molecule has 0 bridgehead atoms. The van der Waals surface area contributed by atoms with E-state index in [9.17, 15) is 0 Å². The molecule has 1 heterocycles. The minimum absolute atomic E-state index is 0.861. The van der Waals surface area contributed by atoms with Crippen LogP contribution in [0.15, 0.2) is 23.9 Å². The maximum atomic E-state index is 4.12. The summed E-state index contributed by atoms with van der Waals surface area (Å²) >= 11 is 0. The Balaban J connectivity index is 2.14. The lowest BCUT2D eigenvalue weighted by atomic mass is 9.88. The van der Waals surface area contributed by atoms with Gasteiger partial charge in [-0.25, -0.2) is 0 Å². The van der Waals surface area contributed by atoms with Crippen molar-refractivity contribution in [3.05, 3.63) is 35.2 Å². The number of aromatic amines is 1. The van der Waals surface area contributed by atoms with Crippen molar-refractivity contribution in [3.63, 3.8) is 0 Å². The van der Waals surface area contributed by atoms with Crippen LogP contribution in [0.2, 0.25) is 0 Å². The fourth-order valence-corrected chi connectivity index (χ4v) is 2.19. The van der Waals surface area contributed by atoms with Crippen molar-refractivity contribution in [2.24, 2.45) is 0 Å². The molecular formula is C13H12N2. The van der Waals surface area contributed by atoms with Crippen LogP contribution in [0, 0.1) is 11.8 Å². The molecule has 15 heavy (non-hydrogen) atoms. The van der Waals surface area contributed by atoms with Crippen molar-refractivity contribution in [2.45, 2.75) is 25.7 Å². The number of aromatic nitrogens is 2. The second-order valence-corrected chi connectivity index (χ2v) is 3.92. The van der Waals surface area contributed by atoms with Crippen LogP contribution in [0.4, 0.5) is 0 Å². The normalized spacial score (nSPS) is 20.5. The van der Waals surface area contributed by atoms with Gasteiger partial charge < -0.3 is 0 Å². The summed E-state index contributed by atoms with van der Waals surface area (Å²) in [5, 5.41) is 7.22. The van der Waals surface area contributed by atoms with Gasteiger partial charge in [-0.15, -0.1) is 0 Å². The molecule has 3 rings (SSSR count). The van der Waals surface area contributed by atoms with Crippen LogP contribution < -0.4 is 0 Å². The van der Waals surface area contributed by atoms with E-state index in [0.29, 0.717) is 0 Å². The van der Waals surface area contributed by atoms with Gasteiger partial charge in [0.25, 0.3) is 0 Å². The summed E-state index contributed by atoms with van der Waals surface area (Å²) < 4.78 is 0. The number of nitrogens with zero attached hydrogens (tertiary/aromatic N) is 1. The largest absolute Gasteiger partial charge is 0.278 e. The van der Waals surface area contributed by atoms with E-state index in [-0.39, 0.29) is 0 Å². The third-order valence-corrected chi connectivity index (χ3v) is 3.00. The lowest BCUT2D eigenvalue weighted by molar-refractivity contribution is 0.895. The molecule has 0 spiro atoms. The quantitative estimate of drug-likeness (QED) is 0.634. The number of H-pyrrole nitrogens is 1. The monoisotopic (exact) mass is 196 g/mol. The highest BCUT2D eigenvalue weighted by Gasteiger charge is 2.18. The summed E-state index contributed by atoms with van der Waals surface area (Å²) in [5.74, 6) is 6.36. The van der Waals surface area contributed by atoms with Crippen molar-refractivity contribution in [3.8, 4) is 11.8 Å². The van der Waals surface area contributed by atoms with Crippen LogP contribution >= 0.6 is 0 Å². The molecule has 0 radical (unpaired) electrons. The Bertz CT molecular complexity index is 506. The first-order chi connectivity index (χ1) is 7.45. The fourth-order valence-electron chi connectivity index (χ4n) is 2.19. The first-order valence-electron chi connectivity index (χ1n) is 5.32. The molecule has 0 aliphatic heterocycles. The van der Waals surface area contributed by atoms with Gasteiger partial charge in [0.2, 0.25) is 0 Å². The van der Waals surface area contributed by atoms with Crippen LogP contribution in [0.25, 0.3) is 5.57 Å². The van der Waals surface area contributed by atoms with Gasteiger partial charge >= 0.3 is 0 Å². The van der Waals surface area contributed by atoms with Gasteiger partial charge in [0.05, 0.1) is 11.9 Å². The van der Waals surface area contributed by atoms with E-state index in [0.717, 1.165) is 25.7 Å². The maximum Gasteiger partial charge on any atom is 0.0682 e. The number of fused-ring (bicyclic) bond motifs is 2. The molecule has 2 heteroatoms. The van der Waals surface area contributed by atoms with Gasteiger partial charge in [-0.05, 0) is 29.6 Å². The van der Waals surface area contributed by atoms with E-state index in [1.807, 2.05) is 6.20 Å². The molecule has 1 N–H and O–H groups in total. The minimum Gasteiger partial charge on any atom is -0.278 e. The van der Waals surface area contributed by atoms with Gasteiger partial charge in [0.1, 0.15) is 0 Å². The Labute approximate surface area is 89.1 Å². The second kappa shape index (κ2) is 3.43. The summed E-state index contributed by atoms with van der Waals surface area (Å²) in [4.78, 5) is 0. The van der Waals surface area contributed by atoms with E-state index in [1.165, 1.54) is 22.4 Å². The summed E-state index contributed by atoms with van der Waals surface area (Å²) in [7, 11) is 0. The van der Waals surface area contributed by atoms with Gasteiger partial charge in [-0.3, -0.25) is 5.10 Å². The number of nitrogens with one attached hydrogen (secondary N) is 1. The smallest absolute Gasteiger partial charge is 0.0682 e. The Morgan fingerprint density at radius 2 is 2.27 bits per heavy atom. The van der Waals surface area contributed by atoms with Crippen LogP contribution in [-0.2, 0) is 6.42 Å². The second-order valence-electron chi connectivity index (χ2n) is 3.92. The molecule has 1 aromatic rings. The zero-order chi connectivity index (χ0) is 10.1. The highest BCUT2D eigenvalue weighted by molar-refractivity contribution is 5.78.